The molecule has 0 aliphatic rings. The van der Waals surface area contributed by atoms with Gasteiger partial charge in [-0.1, -0.05) is 35.9 Å². The Bertz CT molecular complexity index is 1550. The number of carbonyl (C=O) groups is 2. The van der Waals surface area contributed by atoms with E-state index in [0.29, 0.717) is 16.1 Å². The quantitative estimate of drug-likeness (QED) is 0.380. The molecule has 36 heavy (non-hydrogen) atoms. The van der Waals surface area contributed by atoms with Gasteiger partial charge in [-0.05, 0) is 41.5 Å². The lowest BCUT2D eigenvalue weighted by Gasteiger charge is -2.34. The Hall–Kier alpha value is -4.68. The zero-order valence-corrected chi connectivity index (χ0v) is 19.6. The van der Waals surface area contributed by atoms with E-state index in [4.69, 9.17) is 22.6 Å². The number of nitriles is 1. The first-order chi connectivity index (χ1) is 17.2. The van der Waals surface area contributed by atoms with E-state index in [9.17, 15) is 19.5 Å². The first-order valence-corrected chi connectivity index (χ1v) is 11.1. The van der Waals surface area contributed by atoms with Crippen LogP contribution >= 0.6 is 11.6 Å². The zero-order chi connectivity index (χ0) is 25.9. The standard InChI is InChI=1S/C26H20ClN5O4/c27-21-3-1-2-19(10-21)11-26(25(29)36,32-15-20(24(34)35)8-9-23(32)33)22-13-30-16-31(22)14-18-6-4-17(12-28)5-7-18/h1-10,13,15-16H,11,14H2,(H2,29,36)(H,34,35). The van der Waals surface area contributed by atoms with Crippen LogP contribution in [-0.2, 0) is 23.3 Å². The van der Waals surface area contributed by atoms with Crippen molar-refractivity contribution in [3.63, 3.8) is 0 Å². The Morgan fingerprint density at radius 2 is 1.86 bits per heavy atom. The van der Waals surface area contributed by atoms with Gasteiger partial charge in [0, 0.05) is 30.3 Å². The highest BCUT2D eigenvalue weighted by atomic mass is 35.5. The van der Waals surface area contributed by atoms with Crippen LogP contribution in [0.15, 0.2) is 84.2 Å². The van der Waals surface area contributed by atoms with E-state index in [0.717, 1.165) is 22.4 Å². The third-order valence-electron chi connectivity index (χ3n) is 5.90. The van der Waals surface area contributed by atoms with Crippen molar-refractivity contribution in [1.82, 2.24) is 14.1 Å². The van der Waals surface area contributed by atoms with Crippen LogP contribution in [0.5, 0.6) is 0 Å². The summed E-state index contributed by atoms with van der Waals surface area (Å²) < 4.78 is 2.71. The van der Waals surface area contributed by atoms with Gasteiger partial charge in [0.25, 0.3) is 5.56 Å². The molecule has 4 aromatic rings. The van der Waals surface area contributed by atoms with Gasteiger partial charge in [-0.15, -0.1) is 0 Å². The maximum Gasteiger partial charge on any atom is 0.337 e. The molecule has 2 aromatic heterocycles. The number of nitrogens with two attached hydrogens (primary N) is 1. The Balaban J connectivity index is 1.95. The molecule has 0 aliphatic heterocycles. The molecule has 4 rings (SSSR count). The predicted molar refractivity (Wildman–Crippen MR) is 132 cm³/mol. The number of aromatic carboxylic acids is 1. The summed E-state index contributed by atoms with van der Waals surface area (Å²) in [5.41, 5.74) is 5.55. The third-order valence-corrected chi connectivity index (χ3v) is 6.13. The SMILES string of the molecule is N#Cc1ccc(Cn2cncc2C(Cc2cccc(Cl)c2)(C(N)=O)n2cc(C(=O)O)ccc2=O)cc1. The maximum absolute atomic E-state index is 13.3. The smallest absolute Gasteiger partial charge is 0.337 e. The number of pyridine rings is 1. The van der Waals surface area contributed by atoms with Crippen molar-refractivity contribution >= 4 is 23.5 Å². The number of nitrogens with zero attached hydrogens (tertiary/aromatic N) is 4. The molecule has 0 fully saturated rings. The summed E-state index contributed by atoms with van der Waals surface area (Å²) in [5, 5.41) is 19.1. The molecular formula is C26H20ClN5O4. The second-order valence-electron chi connectivity index (χ2n) is 8.18. The summed E-state index contributed by atoms with van der Waals surface area (Å²) in [5.74, 6) is -2.15. The number of amides is 1. The second-order valence-corrected chi connectivity index (χ2v) is 8.61. The Morgan fingerprint density at radius 1 is 1.11 bits per heavy atom. The molecule has 9 nitrogen and oxygen atoms in total. The van der Waals surface area contributed by atoms with E-state index in [2.05, 4.69) is 11.1 Å². The van der Waals surface area contributed by atoms with E-state index >= 15 is 0 Å². The van der Waals surface area contributed by atoms with Gasteiger partial charge in [-0.2, -0.15) is 5.26 Å². The fraction of sp³-hybridized carbons (Fsp3) is 0.115. The fourth-order valence-corrected chi connectivity index (χ4v) is 4.37. The summed E-state index contributed by atoms with van der Waals surface area (Å²) in [7, 11) is 0. The number of carboxylic acid groups (broad SMARTS) is 1. The topological polar surface area (TPSA) is 144 Å². The van der Waals surface area contributed by atoms with E-state index in [1.807, 2.05) is 0 Å². The molecule has 0 bridgehead atoms. The van der Waals surface area contributed by atoms with Crippen molar-refractivity contribution in [3.05, 3.63) is 123 Å². The molecule has 2 aromatic carbocycles. The largest absolute Gasteiger partial charge is 0.478 e. The van der Waals surface area contributed by atoms with Gasteiger partial charge < -0.3 is 15.4 Å². The van der Waals surface area contributed by atoms with Gasteiger partial charge in [-0.3, -0.25) is 14.2 Å². The highest BCUT2D eigenvalue weighted by Crippen LogP contribution is 2.31. The van der Waals surface area contributed by atoms with Gasteiger partial charge in [0.15, 0.2) is 5.54 Å². The Labute approximate surface area is 210 Å². The molecule has 0 spiro atoms. The summed E-state index contributed by atoms with van der Waals surface area (Å²) in [6.45, 7) is 0.249. The first kappa shape index (κ1) is 24.4. The molecule has 1 atom stereocenters. The zero-order valence-electron chi connectivity index (χ0n) is 18.8. The van der Waals surface area contributed by atoms with Gasteiger partial charge >= 0.3 is 5.97 Å². The van der Waals surface area contributed by atoms with Crippen molar-refractivity contribution in [1.29, 1.82) is 5.26 Å². The van der Waals surface area contributed by atoms with E-state index in [-0.39, 0.29) is 24.2 Å². The van der Waals surface area contributed by atoms with Crippen molar-refractivity contribution in [2.24, 2.45) is 5.73 Å². The number of imidazole rings is 1. The van der Waals surface area contributed by atoms with Crippen LogP contribution in [0.4, 0.5) is 0 Å². The normalized spacial score (nSPS) is 12.4. The van der Waals surface area contributed by atoms with Crippen molar-refractivity contribution < 1.29 is 14.7 Å². The molecule has 0 radical (unpaired) electrons. The van der Waals surface area contributed by atoms with Crippen LogP contribution in [0, 0.1) is 11.3 Å². The molecule has 1 unspecified atom stereocenters. The first-order valence-electron chi connectivity index (χ1n) is 10.7. The van der Waals surface area contributed by atoms with Crippen LogP contribution in [0.1, 0.15) is 32.7 Å². The number of primary amides is 1. The number of benzene rings is 2. The van der Waals surface area contributed by atoms with E-state index in [1.165, 1.54) is 18.6 Å². The minimum Gasteiger partial charge on any atom is -0.478 e. The van der Waals surface area contributed by atoms with Crippen molar-refractivity contribution in [2.75, 3.05) is 0 Å². The Morgan fingerprint density at radius 3 is 2.50 bits per heavy atom. The molecule has 0 saturated heterocycles. The lowest BCUT2D eigenvalue weighted by Crippen LogP contribution is -2.54. The minimum atomic E-state index is -1.84. The molecule has 1 amide bonds. The predicted octanol–water partition coefficient (Wildman–Crippen LogP) is 2.79. The number of hydrogen-bond acceptors (Lipinski definition) is 5. The van der Waals surface area contributed by atoms with Crippen LogP contribution in [-0.4, -0.2) is 31.1 Å². The van der Waals surface area contributed by atoms with Gasteiger partial charge in [0.1, 0.15) is 0 Å². The molecule has 180 valence electrons. The van der Waals surface area contributed by atoms with E-state index < -0.39 is 23.0 Å². The number of carboxylic acids is 1. The molecule has 0 saturated carbocycles. The maximum atomic E-state index is 13.3. The van der Waals surface area contributed by atoms with Crippen molar-refractivity contribution in [3.8, 4) is 6.07 Å². The molecule has 2 heterocycles. The minimum absolute atomic E-state index is 0.0923. The van der Waals surface area contributed by atoms with Crippen LogP contribution in [0.25, 0.3) is 0 Å². The highest BCUT2D eigenvalue weighted by Gasteiger charge is 2.44. The summed E-state index contributed by atoms with van der Waals surface area (Å²) in [4.78, 5) is 42.4. The Kier molecular flexibility index (Phi) is 6.72. The molecule has 10 heteroatoms. The number of aromatic nitrogens is 3. The molecule has 0 aliphatic carbocycles. The summed E-state index contributed by atoms with van der Waals surface area (Å²) >= 11 is 6.18. The molecular weight excluding hydrogens is 482 g/mol. The van der Waals surface area contributed by atoms with Gasteiger partial charge in [-0.25, -0.2) is 9.78 Å². The van der Waals surface area contributed by atoms with Crippen molar-refractivity contribution in [2.45, 2.75) is 18.5 Å². The van der Waals surface area contributed by atoms with E-state index in [1.54, 1.807) is 53.1 Å². The lowest BCUT2D eigenvalue weighted by molar-refractivity contribution is -0.125. The highest BCUT2D eigenvalue weighted by molar-refractivity contribution is 6.30. The summed E-state index contributed by atoms with van der Waals surface area (Å²) in [6, 6.07) is 17.9. The van der Waals surface area contributed by atoms with Gasteiger partial charge in [0.05, 0.1) is 35.4 Å². The number of carbonyl (C=O) groups excluding carboxylic acids is 1. The lowest BCUT2D eigenvalue weighted by atomic mass is 9.85. The fourth-order valence-electron chi connectivity index (χ4n) is 4.16. The number of rotatable bonds is 8. The average molecular weight is 502 g/mol. The average Bonchev–Trinajstić information content (AvgIpc) is 3.31. The van der Waals surface area contributed by atoms with Crippen LogP contribution in [0.3, 0.4) is 0 Å². The molecule has 3 N–H and O–H groups in total. The monoisotopic (exact) mass is 501 g/mol. The number of halogens is 1. The second kappa shape index (κ2) is 9.90. The van der Waals surface area contributed by atoms with Crippen LogP contribution in [0.2, 0.25) is 5.02 Å². The van der Waals surface area contributed by atoms with Crippen LogP contribution < -0.4 is 11.3 Å². The number of hydrogen-bond donors (Lipinski definition) is 2. The third kappa shape index (κ3) is 4.62. The summed E-state index contributed by atoms with van der Waals surface area (Å²) in [6.07, 6.45) is 3.94. The van der Waals surface area contributed by atoms with Gasteiger partial charge in [0.2, 0.25) is 5.91 Å².